The Hall–Kier alpha value is -3.66. The fourth-order valence-corrected chi connectivity index (χ4v) is 6.39. The van der Waals surface area contributed by atoms with Crippen LogP contribution >= 0.6 is 11.8 Å². The van der Waals surface area contributed by atoms with Gasteiger partial charge >= 0.3 is 0 Å². The van der Waals surface area contributed by atoms with Crippen molar-refractivity contribution in [2.75, 3.05) is 7.11 Å². The maximum atomic E-state index is 13.6. The first-order chi connectivity index (χ1) is 20.0. The number of rotatable bonds is 10. The Morgan fingerprint density at radius 1 is 1.10 bits per heavy atom. The number of fused-ring (bicyclic) bond motifs is 3. The zero-order valence-corrected chi connectivity index (χ0v) is 24.4. The van der Waals surface area contributed by atoms with E-state index in [4.69, 9.17) is 14.7 Å². The van der Waals surface area contributed by atoms with Gasteiger partial charge < -0.3 is 15.4 Å². The van der Waals surface area contributed by atoms with Crippen LogP contribution < -0.4 is 15.4 Å². The van der Waals surface area contributed by atoms with Crippen molar-refractivity contribution in [3.8, 4) is 5.75 Å². The lowest BCUT2D eigenvalue weighted by molar-refractivity contribution is -0.125. The van der Waals surface area contributed by atoms with E-state index in [2.05, 4.69) is 10.6 Å². The number of amides is 3. The zero-order valence-electron chi connectivity index (χ0n) is 23.6. The Balaban J connectivity index is 1.25. The van der Waals surface area contributed by atoms with Crippen molar-refractivity contribution >= 4 is 46.2 Å². The van der Waals surface area contributed by atoms with Crippen molar-refractivity contribution in [2.45, 2.75) is 82.2 Å². The van der Waals surface area contributed by atoms with Crippen LogP contribution in [0.2, 0.25) is 0 Å². The normalized spacial score (nSPS) is 19.0. The van der Waals surface area contributed by atoms with E-state index >= 15 is 0 Å². The monoisotopic (exact) mass is 575 g/mol. The first-order valence-corrected chi connectivity index (χ1v) is 15.3. The molecular weight excluding hydrogens is 538 g/mol. The number of thioether (sulfide) groups is 1. The highest BCUT2D eigenvalue weighted by Gasteiger charge is 2.42. The average molecular weight is 576 g/mol. The highest BCUT2D eigenvalue weighted by molar-refractivity contribution is 8.15. The largest absolute Gasteiger partial charge is 0.497 e. The second-order valence-corrected chi connectivity index (χ2v) is 11.7. The second kappa shape index (κ2) is 13.3. The molecule has 1 saturated carbocycles. The summed E-state index contributed by atoms with van der Waals surface area (Å²) in [7, 11) is 1.61. The van der Waals surface area contributed by atoms with Crippen LogP contribution in [0.1, 0.15) is 69.4 Å². The number of nitrogens with zero attached hydrogens (tertiary/aromatic N) is 3. The van der Waals surface area contributed by atoms with Gasteiger partial charge in [0.25, 0.3) is 5.91 Å². The van der Waals surface area contributed by atoms with Gasteiger partial charge in [-0.15, -0.1) is 0 Å². The predicted octanol–water partition coefficient (Wildman–Crippen LogP) is 4.71. The molecule has 1 fully saturated rings. The van der Waals surface area contributed by atoms with Gasteiger partial charge in [-0.2, -0.15) is 0 Å². The summed E-state index contributed by atoms with van der Waals surface area (Å²) in [5.74, 6) is 0.919. The van der Waals surface area contributed by atoms with Crippen molar-refractivity contribution < 1.29 is 19.1 Å². The van der Waals surface area contributed by atoms with Crippen LogP contribution in [0.5, 0.6) is 5.75 Å². The fraction of sp³-hybridized carbons (Fsp3) is 0.452. The molecule has 41 heavy (non-hydrogen) atoms. The molecule has 2 N–H and O–H groups in total. The van der Waals surface area contributed by atoms with E-state index in [0.29, 0.717) is 24.0 Å². The molecule has 9 nitrogen and oxygen atoms in total. The molecule has 0 unspecified atom stereocenters. The molecule has 2 atom stereocenters. The minimum atomic E-state index is -0.690. The molecule has 0 radical (unpaired) electrons. The number of carbonyl (C=O) groups is 3. The smallest absolute Gasteiger partial charge is 0.259 e. The summed E-state index contributed by atoms with van der Waals surface area (Å²) in [4.78, 5) is 50.6. The van der Waals surface area contributed by atoms with Crippen molar-refractivity contribution in [3.05, 3.63) is 59.7 Å². The van der Waals surface area contributed by atoms with Gasteiger partial charge in [0.2, 0.25) is 11.8 Å². The number of ether oxygens (including phenoxy) is 1. The summed E-state index contributed by atoms with van der Waals surface area (Å²) < 4.78 is 5.17. The highest BCUT2D eigenvalue weighted by atomic mass is 32.2. The number of nitrogens with one attached hydrogen (secondary N) is 2. The predicted molar refractivity (Wildman–Crippen MR) is 161 cm³/mol. The van der Waals surface area contributed by atoms with Crippen molar-refractivity contribution in [1.29, 1.82) is 0 Å². The summed E-state index contributed by atoms with van der Waals surface area (Å²) in [6.45, 7) is 2.37. The second-order valence-electron chi connectivity index (χ2n) is 10.6. The number of methoxy groups -OCH3 is 1. The molecule has 2 heterocycles. The Morgan fingerprint density at radius 3 is 2.59 bits per heavy atom. The molecule has 2 aromatic rings. The summed E-state index contributed by atoms with van der Waals surface area (Å²) in [6, 6.07) is 14.6. The van der Waals surface area contributed by atoms with Gasteiger partial charge in [-0.1, -0.05) is 62.2 Å². The van der Waals surface area contributed by atoms with E-state index in [1.165, 1.54) is 18.2 Å². The fourth-order valence-electron chi connectivity index (χ4n) is 5.36. The molecule has 3 aliphatic rings. The molecule has 5 rings (SSSR count). The van der Waals surface area contributed by atoms with Crippen LogP contribution in [-0.2, 0) is 20.9 Å². The van der Waals surface area contributed by atoms with E-state index in [1.54, 1.807) is 12.0 Å². The third-order valence-electron chi connectivity index (χ3n) is 7.70. The SMILES string of the molecule is CC[C@H](SC1=Nc2ccccc2C2=N[C@@H](CCC(=O)NCc3ccc(OC)cc3)C(=O)N12)C(=O)NC1CCCCC1. The summed E-state index contributed by atoms with van der Waals surface area (Å²) in [5, 5.41) is 6.22. The molecule has 0 saturated heterocycles. The van der Waals surface area contributed by atoms with Crippen LogP contribution in [0.4, 0.5) is 5.69 Å². The molecule has 0 spiro atoms. The van der Waals surface area contributed by atoms with Gasteiger partial charge in [0, 0.05) is 24.6 Å². The lowest BCUT2D eigenvalue weighted by Crippen LogP contribution is -2.45. The minimum Gasteiger partial charge on any atom is -0.497 e. The van der Waals surface area contributed by atoms with Gasteiger partial charge in [-0.05, 0) is 55.5 Å². The number of hydrogen-bond donors (Lipinski definition) is 2. The minimum absolute atomic E-state index is 0.0128. The number of hydrogen-bond acceptors (Lipinski definition) is 7. The summed E-state index contributed by atoms with van der Waals surface area (Å²) >= 11 is 1.31. The van der Waals surface area contributed by atoms with Crippen LogP contribution in [-0.4, -0.2) is 58.1 Å². The number of benzene rings is 2. The zero-order chi connectivity index (χ0) is 28.8. The van der Waals surface area contributed by atoms with E-state index in [-0.39, 0.29) is 41.9 Å². The van der Waals surface area contributed by atoms with Crippen molar-refractivity contribution in [1.82, 2.24) is 15.5 Å². The quantitative estimate of drug-likeness (QED) is 0.426. The maximum Gasteiger partial charge on any atom is 0.259 e. The summed E-state index contributed by atoms with van der Waals surface area (Å²) in [6.07, 6.45) is 6.58. The standard InChI is InChI=1S/C31H37N5O4S/c1-3-26(29(38)33-21-9-5-4-6-10-21)41-31-35-24-12-8-7-11-23(24)28-34-25(30(39)36(28)31)17-18-27(37)32-19-20-13-15-22(40-2)16-14-20/h7-8,11-16,21,25-26H,3-6,9-10,17-19H2,1-2H3,(H,32,37)(H,33,38)/t25-,26-/m0/s1. The third-order valence-corrected chi connectivity index (χ3v) is 9.02. The third kappa shape index (κ3) is 6.81. The van der Waals surface area contributed by atoms with Gasteiger partial charge in [-0.25, -0.2) is 9.89 Å². The first-order valence-electron chi connectivity index (χ1n) is 14.4. The Bertz CT molecular complexity index is 1340. The summed E-state index contributed by atoms with van der Waals surface area (Å²) in [5.41, 5.74) is 2.45. The Kier molecular flexibility index (Phi) is 9.38. The Labute approximate surface area is 245 Å². The molecular formula is C31H37N5O4S. The van der Waals surface area contributed by atoms with Crippen LogP contribution in [0, 0.1) is 0 Å². The van der Waals surface area contributed by atoms with Gasteiger partial charge in [0.1, 0.15) is 17.6 Å². The molecule has 1 aliphatic carbocycles. The van der Waals surface area contributed by atoms with E-state index in [0.717, 1.165) is 48.2 Å². The molecule has 216 valence electrons. The molecule has 0 bridgehead atoms. The maximum absolute atomic E-state index is 13.6. The van der Waals surface area contributed by atoms with Crippen LogP contribution in [0.25, 0.3) is 0 Å². The van der Waals surface area contributed by atoms with Gasteiger partial charge in [0.05, 0.1) is 18.0 Å². The molecule has 2 aromatic carbocycles. The van der Waals surface area contributed by atoms with Crippen LogP contribution in [0.3, 0.4) is 0 Å². The molecule has 0 aromatic heterocycles. The van der Waals surface area contributed by atoms with Crippen LogP contribution in [0.15, 0.2) is 58.5 Å². The Morgan fingerprint density at radius 2 is 1.85 bits per heavy atom. The van der Waals surface area contributed by atoms with Crippen molar-refractivity contribution in [3.63, 3.8) is 0 Å². The number of amidine groups is 2. The van der Waals surface area contributed by atoms with Crippen molar-refractivity contribution in [2.24, 2.45) is 9.98 Å². The average Bonchev–Trinajstić information content (AvgIpc) is 3.34. The van der Waals surface area contributed by atoms with Gasteiger partial charge in [-0.3, -0.25) is 19.4 Å². The molecule has 2 aliphatic heterocycles. The number of carbonyl (C=O) groups excluding carboxylic acids is 3. The highest BCUT2D eigenvalue weighted by Crippen LogP contribution is 2.36. The molecule has 3 amide bonds. The van der Waals surface area contributed by atoms with E-state index in [1.807, 2.05) is 55.5 Å². The number of para-hydroxylation sites is 1. The lowest BCUT2D eigenvalue weighted by atomic mass is 9.95. The van der Waals surface area contributed by atoms with Gasteiger partial charge in [0.15, 0.2) is 5.17 Å². The van der Waals surface area contributed by atoms with E-state index < -0.39 is 6.04 Å². The van der Waals surface area contributed by atoms with E-state index in [9.17, 15) is 14.4 Å². The first kappa shape index (κ1) is 28.9. The topological polar surface area (TPSA) is 112 Å². The lowest BCUT2D eigenvalue weighted by Gasteiger charge is -2.29. The number of aliphatic imine (C=N–C) groups is 2. The molecule has 10 heteroatoms.